The quantitative estimate of drug-likeness (QED) is 0.663. The molecular weight excluding hydrogens is 144 g/mol. The maximum Gasteiger partial charge on any atom is 0.154 e. The van der Waals surface area contributed by atoms with Crippen LogP contribution in [0.15, 0.2) is 4.99 Å². The van der Waals surface area contributed by atoms with Gasteiger partial charge in [-0.1, -0.05) is 25.6 Å². The molecule has 0 aromatic rings. The Morgan fingerprint density at radius 2 is 2.20 bits per heavy atom. The zero-order valence-electron chi connectivity index (χ0n) is 6.50. The van der Waals surface area contributed by atoms with Gasteiger partial charge < -0.3 is 5.73 Å². The molecule has 0 saturated carbocycles. The maximum atomic E-state index is 5.58. The van der Waals surface area contributed by atoms with E-state index in [9.17, 15) is 0 Å². The number of nitrogens with zero attached hydrogens (tertiary/aromatic N) is 1. The Balaban J connectivity index is 2.52. The van der Waals surface area contributed by atoms with Gasteiger partial charge in [-0.2, -0.15) is 0 Å². The molecular formula is C7H14N2S. The molecule has 3 heteroatoms. The molecule has 58 valence electrons. The Morgan fingerprint density at radius 3 is 2.60 bits per heavy atom. The van der Waals surface area contributed by atoms with E-state index in [-0.39, 0.29) is 0 Å². The second-order valence-electron chi connectivity index (χ2n) is 2.51. The Morgan fingerprint density at radius 1 is 1.50 bits per heavy atom. The Labute approximate surface area is 66.3 Å². The van der Waals surface area contributed by atoms with Crippen LogP contribution in [0.1, 0.15) is 26.7 Å². The first kappa shape index (κ1) is 7.92. The minimum absolute atomic E-state index is 0.481. The first-order valence-corrected chi connectivity index (χ1v) is 4.65. The van der Waals surface area contributed by atoms with Gasteiger partial charge in [0, 0.05) is 5.25 Å². The van der Waals surface area contributed by atoms with Crippen LogP contribution < -0.4 is 5.73 Å². The predicted molar refractivity (Wildman–Crippen MR) is 47.4 cm³/mol. The fraction of sp³-hybridized carbons (Fsp3) is 0.857. The summed E-state index contributed by atoms with van der Waals surface area (Å²) < 4.78 is 0. The summed E-state index contributed by atoms with van der Waals surface area (Å²) in [5.41, 5.74) is 5.58. The van der Waals surface area contributed by atoms with Crippen molar-refractivity contribution < 1.29 is 0 Å². The van der Waals surface area contributed by atoms with Gasteiger partial charge in [-0.25, -0.2) is 0 Å². The first-order chi connectivity index (χ1) is 4.77. The third kappa shape index (κ3) is 1.45. The third-order valence-corrected chi connectivity index (χ3v) is 3.11. The van der Waals surface area contributed by atoms with Gasteiger partial charge in [-0.3, -0.25) is 4.99 Å². The summed E-state index contributed by atoms with van der Waals surface area (Å²) in [4.78, 5) is 4.32. The van der Waals surface area contributed by atoms with Gasteiger partial charge in [0.2, 0.25) is 0 Å². The molecule has 1 heterocycles. The minimum Gasteiger partial charge on any atom is -0.379 e. The number of thioether (sulfide) groups is 1. The van der Waals surface area contributed by atoms with Gasteiger partial charge in [0.05, 0.1) is 6.04 Å². The van der Waals surface area contributed by atoms with Crippen LogP contribution in [0.25, 0.3) is 0 Å². The monoisotopic (exact) mass is 158 g/mol. The highest BCUT2D eigenvalue weighted by molar-refractivity contribution is 8.14. The van der Waals surface area contributed by atoms with E-state index in [1.54, 1.807) is 11.8 Å². The van der Waals surface area contributed by atoms with Crippen LogP contribution in [0.2, 0.25) is 0 Å². The largest absolute Gasteiger partial charge is 0.379 e. The van der Waals surface area contributed by atoms with Crippen molar-refractivity contribution in [1.82, 2.24) is 0 Å². The van der Waals surface area contributed by atoms with E-state index in [0.717, 1.165) is 11.6 Å². The Hall–Kier alpha value is -0.180. The molecule has 0 amide bonds. The zero-order valence-corrected chi connectivity index (χ0v) is 7.32. The fourth-order valence-electron chi connectivity index (χ4n) is 1.22. The number of amidine groups is 1. The Bertz CT molecular complexity index is 145. The van der Waals surface area contributed by atoms with Crippen molar-refractivity contribution in [3.8, 4) is 0 Å². The van der Waals surface area contributed by atoms with Crippen molar-refractivity contribution in [2.75, 3.05) is 0 Å². The van der Waals surface area contributed by atoms with Crippen molar-refractivity contribution in [2.24, 2.45) is 10.7 Å². The van der Waals surface area contributed by atoms with Crippen LogP contribution in [-0.2, 0) is 0 Å². The molecule has 2 N–H and O–H groups in total. The summed E-state index contributed by atoms with van der Waals surface area (Å²) in [6.45, 7) is 4.35. The molecule has 0 fully saturated rings. The second kappa shape index (κ2) is 3.28. The number of rotatable bonds is 2. The van der Waals surface area contributed by atoms with Crippen LogP contribution in [0.3, 0.4) is 0 Å². The van der Waals surface area contributed by atoms with Crippen LogP contribution in [0.5, 0.6) is 0 Å². The lowest BCUT2D eigenvalue weighted by atomic mass is 10.1. The molecule has 0 unspecified atom stereocenters. The minimum atomic E-state index is 0.481. The van der Waals surface area contributed by atoms with Gasteiger partial charge in [0.25, 0.3) is 0 Å². The summed E-state index contributed by atoms with van der Waals surface area (Å²) in [5, 5.41) is 1.42. The van der Waals surface area contributed by atoms with Gasteiger partial charge in [0.15, 0.2) is 5.17 Å². The maximum absolute atomic E-state index is 5.58. The lowest BCUT2D eigenvalue weighted by molar-refractivity contribution is 0.615. The molecule has 0 aliphatic carbocycles. The van der Waals surface area contributed by atoms with Gasteiger partial charge in [0.1, 0.15) is 0 Å². The molecule has 0 aromatic heterocycles. The van der Waals surface area contributed by atoms with E-state index < -0.39 is 0 Å². The van der Waals surface area contributed by atoms with E-state index in [1.807, 2.05) is 0 Å². The van der Waals surface area contributed by atoms with Crippen molar-refractivity contribution >= 4 is 16.9 Å². The number of aliphatic imine (C=N–C) groups is 1. The molecule has 2 nitrogen and oxygen atoms in total. The summed E-state index contributed by atoms with van der Waals surface area (Å²) in [7, 11) is 0. The molecule has 1 rings (SSSR count). The van der Waals surface area contributed by atoms with E-state index in [0.29, 0.717) is 11.3 Å². The van der Waals surface area contributed by atoms with Gasteiger partial charge in [-0.05, 0) is 12.8 Å². The summed E-state index contributed by atoms with van der Waals surface area (Å²) >= 11 is 1.73. The van der Waals surface area contributed by atoms with Crippen LogP contribution in [-0.4, -0.2) is 16.5 Å². The SMILES string of the molecule is CC[C@@H]1N=C(N)S[C@H]1CC. The van der Waals surface area contributed by atoms with Gasteiger partial charge in [-0.15, -0.1) is 0 Å². The Kier molecular flexibility index (Phi) is 2.60. The topological polar surface area (TPSA) is 38.4 Å². The number of nitrogens with two attached hydrogens (primary N) is 1. The molecule has 0 saturated heterocycles. The smallest absolute Gasteiger partial charge is 0.154 e. The van der Waals surface area contributed by atoms with Gasteiger partial charge >= 0.3 is 0 Å². The van der Waals surface area contributed by atoms with Crippen molar-refractivity contribution in [1.29, 1.82) is 0 Å². The number of hydrogen-bond donors (Lipinski definition) is 1. The van der Waals surface area contributed by atoms with Crippen molar-refractivity contribution in [3.05, 3.63) is 0 Å². The van der Waals surface area contributed by atoms with E-state index in [2.05, 4.69) is 18.8 Å². The van der Waals surface area contributed by atoms with E-state index in [1.165, 1.54) is 6.42 Å². The molecule has 0 aromatic carbocycles. The molecule has 1 aliphatic heterocycles. The van der Waals surface area contributed by atoms with Crippen molar-refractivity contribution in [3.63, 3.8) is 0 Å². The molecule has 0 radical (unpaired) electrons. The molecule has 10 heavy (non-hydrogen) atoms. The second-order valence-corrected chi connectivity index (χ2v) is 3.77. The fourth-order valence-corrected chi connectivity index (χ4v) is 2.30. The number of hydrogen-bond acceptors (Lipinski definition) is 3. The highest BCUT2D eigenvalue weighted by Gasteiger charge is 2.25. The van der Waals surface area contributed by atoms with E-state index in [4.69, 9.17) is 5.73 Å². The highest BCUT2D eigenvalue weighted by Crippen LogP contribution is 2.28. The molecule has 0 spiro atoms. The van der Waals surface area contributed by atoms with Crippen LogP contribution in [0.4, 0.5) is 0 Å². The normalized spacial score (nSPS) is 32.4. The van der Waals surface area contributed by atoms with Crippen molar-refractivity contribution in [2.45, 2.75) is 38.0 Å². The average molecular weight is 158 g/mol. The molecule has 2 atom stereocenters. The summed E-state index contributed by atoms with van der Waals surface area (Å²) in [5.74, 6) is 0. The van der Waals surface area contributed by atoms with Crippen LogP contribution >= 0.6 is 11.8 Å². The highest BCUT2D eigenvalue weighted by atomic mass is 32.2. The summed E-state index contributed by atoms with van der Waals surface area (Å²) in [6.07, 6.45) is 2.29. The predicted octanol–water partition coefficient (Wildman–Crippen LogP) is 1.61. The standard InChI is InChI=1S/C7H14N2S/c1-3-5-6(4-2)10-7(8)9-5/h5-6H,3-4H2,1-2H3,(H2,8,9)/t5-,6-/m0/s1. The molecule has 1 aliphatic rings. The third-order valence-electron chi connectivity index (χ3n) is 1.81. The summed E-state index contributed by atoms with van der Waals surface area (Å²) in [6, 6.07) is 0.481. The van der Waals surface area contributed by atoms with Crippen LogP contribution in [0, 0.1) is 0 Å². The zero-order chi connectivity index (χ0) is 7.56. The molecule has 0 bridgehead atoms. The first-order valence-electron chi connectivity index (χ1n) is 3.77. The lowest BCUT2D eigenvalue weighted by Crippen LogP contribution is -2.14. The average Bonchev–Trinajstić information content (AvgIpc) is 2.30. The van der Waals surface area contributed by atoms with E-state index >= 15 is 0 Å². The lowest BCUT2D eigenvalue weighted by Gasteiger charge is -2.11.